The third kappa shape index (κ3) is 5.03. The minimum atomic E-state index is -0.977. The van der Waals surface area contributed by atoms with Gasteiger partial charge in [-0.05, 0) is 61.7 Å². The van der Waals surface area contributed by atoms with E-state index >= 15 is 0 Å². The van der Waals surface area contributed by atoms with Crippen LogP contribution in [0.3, 0.4) is 0 Å². The molecule has 2 amide bonds. The molecular formula is C22H21ClN2O4. The first-order valence-electron chi connectivity index (χ1n) is 9.21. The summed E-state index contributed by atoms with van der Waals surface area (Å²) in [6, 6.07) is 11.7. The summed E-state index contributed by atoms with van der Waals surface area (Å²) in [5, 5.41) is 15.5. The number of hydrogen-bond acceptors (Lipinski definition) is 3. The fourth-order valence-corrected chi connectivity index (χ4v) is 3.37. The fourth-order valence-electron chi connectivity index (χ4n) is 3.24. The molecule has 0 aromatic heterocycles. The van der Waals surface area contributed by atoms with Crippen molar-refractivity contribution in [1.29, 1.82) is 0 Å². The van der Waals surface area contributed by atoms with E-state index in [-0.39, 0.29) is 11.8 Å². The third-order valence-corrected chi connectivity index (χ3v) is 5.20. The monoisotopic (exact) mass is 412 g/mol. The predicted molar refractivity (Wildman–Crippen MR) is 112 cm³/mol. The van der Waals surface area contributed by atoms with Crippen LogP contribution >= 0.6 is 11.6 Å². The number of aryl methyl sites for hydroxylation is 1. The Hall–Kier alpha value is -3.12. The quantitative estimate of drug-likeness (QED) is 0.630. The molecule has 0 heterocycles. The van der Waals surface area contributed by atoms with Gasteiger partial charge in [0.2, 0.25) is 5.91 Å². The second kappa shape index (κ2) is 8.92. The van der Waals surface area contributed by atoms with Gasteiger partial charge in [-0.25, -0.2) is 0 Å². The SMILES string of the molecule is Cc1ccc(NC(=O)[C@H]2CC=CC[C@@H]2C(=O)O)cc1NC(=O)c1ccc(Cl)cc1. The summed E-state index contributed by atoms with van der Waals surface area (Å²) in [6.45, 7) is 1.84. The van der Waals surface area contributed by atoms with Crippen molar-refractivity contribution in [2.45, 2.75) is 19.8 Å². The number of carbonyl (C=O) groups is 3. The molecule has 2 aromatic rings. The maximum atomic E-state index is 12.6. The zero-order valence-corrected chi connectivity index (χ0v) is 16.6. The highest BCUT2D eigenvalue weighted by atomic mass is 35.5. The van der Waals surface area contributed by atoms with Gasteiger partial charge in [0.15, 0.2) is 0 Å². The summed E-state index contributed by atoms with van der Waals surface area (Å²) in [5.41, 5.74) is 2.34. The number of hydrogen-bond donors (Lipinski definition) is 3. The Morgan fingerprint density at radius 1 is 0.966 bits per heavy atom. The van der Waals surface area contributed by atoms with Crippen LogP contribution in [0.2, 0.25) is 5.02 Å². The van der Waals surface area contributed by atoms with E-state index in [9.17, 15) is 19.5 Å². The molecular weight excluding hydrogens is 392 g/mol. The van der Waals surface area contributed by atoms with Crippen LogP contribution in [0.4, 0.5) is 11.4 Å². The van der Waals surface area contributed by atoms with Crippen LogP contribution in [0, 0.1) is 18.8 Å². The van der Waals surface area contributed by atoms with Crippen LogP contribution in [-0.4, -0.2) is 22.9 Å². The highest BCUT2D eigenvalue weighted by Gasteiger charge is 2.34. The van der Waals surface area contributed by atoms with E-state index in [1.807, 2.05) is 13.0 Å². The molecule has 0 saturated heterocycles. The molecule has 3 rings (SSSR count). The highest BCUT2D eigenvalue weighted by molar-refractivity contribution is 6.30. The van der Waals surface area contributed by atoms with Gasteiger partial charge in [-0.2, -0.15) is 0 Å². The topological polar surface area (TPSA) is 95.5 Å². The van der Waals surface area contributed by atoms with Gasteiger partial charge in [0.1, 0.15) is 0 Å². The number of benzene rings is 2. The lowest BCUT2D eigenvalue weighted by Gasteiger charge is -2.24. The Bertz CT molecular complexity index is 969. The van der Waals surface area contributed by atoms with E-state index in [1.54, 1.807) is 48.5 Å². The summed E-state index contributed by atoms with van der Waals surface area (Å²) in [6.07, 6.45) is 4.34. The van der Waals surface area contributed by atoms with Crippen LogP contribution in [0.25, 0.3) is 0 Å². The number of anilines is 2. The number of nitrogens with one attached hydrogen (secondary N) is 2. The summed E-state index contributed by atoms with van der Waals surface area (Å²) in [7, 11) is 0. The smallest absolute Gasteiger partial charge is 0.307 e. The molecule has 0 fully saturated rings. The van der Waals surface area contributed by atoms with E-state index in [1.165, 1.54) is 0 Å². The fraction of sp³-hybridized carbons (Fsp3) is 0.227. The van der Waals surface area contributed by atoms with Crippen LogP contribution in [0.5, 0.6) is 0 Å². The summed E-state index contributed by atoms with van der Waals surface area (Å²) < 4.78 is 0. The number of aliphatic carboxylic acids is 1. The van der Waals surface area contributed by atoms with Crippen molar-refractivity contribution in [3.63, 3.8) is 0 Å². The van der Waals surface area contributed by atoms with Crippen molar-refractivity contribution in [3.05, 3.63) is 70.8 Å². The lowest BCUT2D eigenvalue weighted by molar-refractivity contribution is -0.146. The van der Waals surface area contributed by atoms with Gasteiger partial charge in [-0.1, -0.05) is 29.8 Å². The second-order valence-electron chi connectivity index (χ2n) is 6.97. The molecule has 1 aliphatic rings. The Morgan fingerprint density at radius 3 is 2.28 bits per heavy atom. The minimum Gasteiger partial charge on any atom is -0.481 e. The van der Waals surface area contributed by atoms with Crippen molar-refractivity contribution in [2.75, 3.05) is 10.6 Å². The highest BCUT2D eigenvalue weighted by Crippen LogP contribution is 2.28. The third-order valence-electron chi connectivity index (χ3n) is 4.95. The summed E-state index contributed by atoms with van der Waals surface area (Å²) in [4.78, 5) is 36.5. The summed E-state index contributed by atoms with van der Waals surface area (Å²) >= 11 is 5.85. The molecule has 29 heavy (non-hydrogen) atoms. The molecule has 0 aliphatic heterocycles. The first kappa shape index (κ1) is 20.6. The molecule has 7 heteroatoms. The van der Waals surface area contributed by atoms with Gasteiger partial charge >= 0.3 is 5.97 Å². The van der Waals surface area contributed by atoms with Gasteiger partial charge in [-0.3, -0.25) is 14.4 Å². The molecule has 0 bridgehead atoms. The van der Waals surface area contributed by atoms with Crippen molar-refractivity contribution < 1.29 is 19.5 Å². The van der Waals surface area contributed by atoms with Crippen molar-refractivity contribution >= 4 is 40.8 Å². The first-order chi connectivity index (χ1) is 13.8. The summed E-state index contributed by atoms with van der Waals surface area (Å²) in [5.74, 6) is -2.99. The molecule has 1 aliphatic carbocycles. The molecule has 2 atom stereocenters. The zero-order valence-electron chi connectivity index (χ0n) is 15.8. The molecule has 0 unspecified atom stereocenters. The molecule has 0 spiro atoms. The van der Waals surface area contributed by atoms with Crippen molar-refractivity contribution in [1.82, 2.24) is 0 Å². The van der Waals surface area contributed by atoms with E-state index < -0.39 is 17.8 Å². The van der Waals surface area contributed by atoms with E-state index in [0.717, 1.165) is 5.56 Å². The van der Waals surface area contributed by atoms with Crippen LogP contribution in [0.15, 0.2) is 54.6 Å². The number of carbonyl (C=O) groups excluding carboxylic acids is 2. The number of carboxylic acid groups (broad SMARTS) is 1. The Kier molecular flexibility index (Phi) is 6.34. The average Bonchev–Trinajstić information content (AvgIpc) is 2.70. The van der Waals surface area contributed by atoms with E-state index in [2.05, 4.69) is 10.6 Å². The Morgan fingerprint density at radius 2 is 1.62 bits per heavy atom. The predicted octanol–water partition coefficient (Wildman–Crippen LogP) is 4.51. The number of carboxylic acids is 1. The number of halogens is 1. The molecule has 150 valence electrons. The normalized spacial score (nSPS) is 18.1. The molecule has 2 aromatic carbocycles. The zero-order chi connectivity index (χ0) is 21.0. The van der Waals surface area contributed by atoms with Gasteiger partial charge in [0.05, 0.1) is 11.8 Å². The Labute approximate surface area is 173 Å². The lowest BCUT2D eigenvalue weighted by Crippen LogP contribution is -2.34. The standard InChI is InChI=1S/C22H21ClN2O4/c1-13-6-11-16(24-21(27)17-4-2-3-5-18(17)22(28)29)12-19(13)25-20(26)14-7-9-15(23)10-8-14/h2-3,6-12,17-18H,4-5H2,1H3,(H,24,27)(H,25,26)(H,28,29)/t17-,18-/m0/s1. The maximum Gasteiger partial charge on any atom is 0.307 e. The second-order valence-corrected chi connectivity index (χ2v) is 7.41. The molecule has 0 radical (unpaired) electrons. The van der Waals surface area contributed by atoms with Crippen molar-refractivity contribution in [2.24, 2.45) is 11.8 Å². The van der Waals surface area contributed by atoms with Crippen LogP contribution in [0.1, 0.15) is 28.8 Å². The van der Waals surface area contributed by atoms with E-state index in [4.69, 9.17) is 11.6 Å². The Balaban J connectivity index is 1.74. The van der Waals surface area contributed by atoms with Gasteiger partial charge < -0.3 is 15.7 Å². The van der Waals surface area contributed by atoms with Gasteiger partial charge in [-0.15, -0.1) is 0 Å². The molecule has 0 saturated carbocycles. The van der Waals surface area contributed by atoms with Gasteiger partial charge in [0.25, 0.3) is 5.91 Å². The number of allylic oxidation sites excluding steroid dienone is 2. The first-order valence-corrected chi connectivity index (χ1v) is 9.59. The van der Waals surface area contributed by atoms with E-state index in [0.29, 0.717) is 34.8 Å². The average molecular weight is 413 g/mol. The molecule has 6 nitrogen and oxygen atoms in total. The van der Waals surface area contributed by atoms with Gasteiger partial charge in [0, 0.05) is 22.0 Å². The molecule has 3 N–H and O–H groups in total. The van der Waals surface area contributed by atoms with Crippen molar-refractivity contribution in [3.8, 4) is 0 Å². The number of amides is 2. The van der Waals surface area contributed by atoms with Crippen LogP contribution < -0.4 is 10.6 Å². The minimum absolute atomic E-state index is 0.295. The number of rotatable bonds is 5. The lowest BCUT2D eigenvalue weighted by atomic mass is 9.82. The largest absolute Gasteiger partial charge is 0.481 e. The maximum absolute atomic E-state index is 12.6. The van der Waals surface area contributed by atoms with Crippen LogP contribution in [-0.2, 0) is 9.59 Å².